The number of hydrogen-bond donors (Lipinski definition) is 1. The first-order chi connectivity index (χ1) is 14.1. The lowest BCUT2D eigenvalue weighted by Gasteiger charge is -2.34. The molecule has 1 N–H and O–H groups in total. The van der Waals surface area contributed by atoms with Gasteiger partial charge in [0.05, 0.1) is 18.8 Å². The average Bonchev–Trinajstić information content (AvgIpc) is 3.23. The summed E-state index contributed by atoms with van der Waals surface area (Å²) in [6.45, 7) is 8.47. The summed E-state index contributed by atoms with van der Waals surface area (Å²) in [6, 6.07) is 3.74. The van der Waals surface area contributed by atoms with E-state index >= 15 is 0 Å². The SMILES string of the molecule is CCNC(=NCC(C)c1ccc(F)cc1F)N1CCC(OCC2CCCO2)CC1. The van der Waals surface area contributed by atoms with E-state index in [4.69, 9.17) is 14.5 Å². The van der Waals surface area contributed by atoms with Crippen molar-refractivity contribution in [1.29, 1.82) is 0 Å². The first-order valence-electron chi connectivity index (χ1n) is 10.8. The lowest BCUT2D eigenvalue weighted by Crippen LogP contribution is -2.47. The van der Waals surface area contributed by atoms with Gasteiger partial charge >= 0.3 is 0 Å². The Morgan fingerprint density at radius 3 is 2.76 bits per heavy atom. The van der Waals surface area contributed by atoms with E-state index in [1.165, 1.54) is 12.1 Å². The van der Waals surface area contributed by atoms with E-state index in [0.717, 1.165) is 64.0 Å². The number of aliphatic imine (C=N–C) groups is 1. The van der Waals surface area contributed by atoms with E-state index in [-0.39, 0.29) is 18.1 Å². The Bertz CT molecular complexity index is 672. The van der Waals surface area contributed by atoms with Gasteiger partial charge in [0.25, 0.3) is 0 Å². The average molecular weight is 410 g/mol. The Balaban J connectivity index is 1.51. The fourth-order valence-corrected chi connectivity index (χ4v) is 3.90. The maximum Gasteiger partial charge on any atom is 0.193 e. The van der Waals surface area contributed by atoms with Gasteiger partial charge < -0.3 is 19.7 Å². The lowest BCUT2D eigenvalue weighted by molar-refractivity contribution is -0.0367. The van der Waals surface area contributed by atoms with E-state index in [1.54, 1.807) is 0 Å². The third kappa shape index (κ3) is 6.37. The summed E-state index contributed by atoms with van der Waals surface area (Å²) in [5.74, 6) is -0.349. The summed E-state index contributed by atoms with van der Waals surface area (Å²) < 4.78 is 38.8. The molecule has 1 aromatic carbocycles. The van der Waals surface area contributed by atoms with Crippen LogP contribution in [0.5, 0.6) is 0 Å². The summed E-state index contributed by atoms with van der Waals surface area (Å²) in [5.41, 5.74) is 0.493. The van der Waals surface area contributed by atoms with Gasteiger partial charge in [0.2, 0.25) is 0 Å². The number of hydrogen-bond acceptors (Lipinski definition) is 3. The molecule has 0 saturated carbocycles. The second-order valence-electron chi connectivity index (χ2n) is 7.92. The maximum absolute atomic E-state index is 14.0. The highest BCUT2D eigenvalue weighted by atomic mass is 19.1. The van der Waals surface area contributed by atoms with Crippen LogP contribution in [0.25, 0.3) is 0 Å². The molecule has 0 aromatic heterocycles. The molecule has 2 atom stereocenters. The zero-order valence-corrected chi connectivity index (χ0v) is 17.5. The fourth-order valence-electron chi connectivity index (χ4n) is 3.90. The van der Waals surface area contributed by atoms with Gasteiger partial charge in [0, 0.05) is 44.8 Å². The Morgan fingerprint density at radius 1 is 1.31 bits per heavy atom. The van der Waals surface area contributed by atoms with E-state index in [0.29, 0.717) is 18.7 Å². The van der Waals surface area contributed by atoms with Crippen LogP contribution in [0.3, 0.4) is 0 Å². The smallest absolute Gasteiger partial charge is 0.193 e. The topological polar surface area (TPSA) is 46.1 Å². The minimum Gasteiger partial charge on any atom is -0.376 e. The van der Waals surface area contributed by atoms with Crippen LogP contribution >= 0.6 is 0 Å². The molecule has 0 spiro atoms. The Kier molecular flexibility index (Phi) is 8.24. The van der Waals surface area contributed by atoms with E-state index in [1.807, 2.05) is 13.8 Å². The summed E-state index contributed by atoms with van der Waals surface area (Å²) in [5, 5.41) is 3.34. The molecule has 2 saturated heterocycles. The molecule has 0 radical (unpaired) electrons. The van der Waals surface area contributed by atoms with Crippen LogP contribution < -0.4 is 5.32 Å². The van der Waals surface area contributed by atoms with Crippen molar-refractivity contribution in [3.63, 3.8) is 0 Å². The molecule has 1 aromatic rings. The van der Waals surface area contributed by atoms with Gasteiger partial charge in [-0.25, -0.2) is 8.78 Å². The van der Waals surface area contributed by atoms with E-state index in [2.05, 4.69) is 10.2 Å². The second-order valence-corrected chi connectivity index (χ2v) is 7.92. The minimum absolute atomic E-state index is 0.128. The first kappa shape index (κ1) is 22.0. The minimum atomic E-state index is -0.556. The summed E-state index contributed by atoms with van der Waals surface area (Å²) in [7, 11) is 0. The molecule has 162 valence electrons. The van der Waals surface area contributed by atoms with Crippen LogP contribution in [0.1, 0.15) is 51.0 Å². The molecule has 2 heterocycles. The molecular weight excluding hydrogens is 376 g/mol. The molecule has 5 nitrogen and oxygen atoms in total. The molecule has 0 bridgehead atoms. The second kappa shape index (κ2) is 10.9. The molecule has 2 aliphatic heterocycles. The van der Waals surface area contributed by atoms with Crippen LogP contribution in [-0.4, -0.2) is 62.5 Å². The van der Waals surface area contributed by atoms with Crippen LogP contribution in [0.2, 0.25) is 0 Å². The van der Waals surface area contributed by atoms with Gasteiger partial charge in [0.15, 0.2) is 5.96 Å². The van der Waals surface area contributed by atoms with Gasteiger partial charge in [-0.1, -0.05) is 13.0 Å². The Morgan fingerprint density at radius 2 is 2.10 bits per heavy atom. The van der Waals surface area contributed by atoms with Crippen LogP contribution in [-0.2, 0) is 9.47 Å². The molecule has 0 amide bonds. The normalized spacial score (nSPS) is 22.1. The van der Waals surface area contributed by atoms with Crippen molar-refractivity contribution in [3.8, 4) is 0 Å². The van der Waals surface area contributed by atoms with Crippen molar-refractivity contribution in [2.75, 3.05) is 39.4 Å². The highest BCUT2D eigenvalue weighted by Crippen LogP contribution is 2.21. The largest absolute Gasteiger partial charge is 0.376 e. The van der Waals surface area contributed by atoms with Crippen molar-refractivity contribution in [3.05, 3.63) is 35.4 Å². The number of piperidine rings is 1. The molecular formula is C22H33F2N3O2. The van der Waals surface area contributed by atoms with Crippen LogP contribution in [0, 0.1) is 11.6 Å². The predicted molar refractivity (Wildman–Crippen MR) is 110 cm³/mol. The summed E-state index contributed by atoms with van der Waals surface area (Å²) in [6.07, 6.45) is 4.68. The number of halogens is 2. The third-order valence-corrected chi connectivity index (χ3v) is 5.63. The maximum atomic E-state index is 14.0. The summed E-state index contributed by atoms with van der Waals surface area (Å²) in [4.78, 5) is 6.96. The Labute approximate surface area is 172 Å². The van der Waals surface area contributed by atoms with Crippen molar-refractivity contribution >= 4 is 5.96 Å². The van der Waals surface area contributed by atoms with Crippen molar-refractivity contribution in [2.45, 2.75) is 57.7 Å². The molecule has 3 rings (SSSR count). The van der Waals surface area contributed by atoms with Crippen molar-refractivity contribution < 1.29 is 18.3 Å². The number of guanidine groups is 1. The van der Waals surface area contributed by atoms with Gasteiger partial charge in [-0.15, -0.1) is 0 Å². The third-order valence-electron chi connectivity index (χ3n) is 5.63. The van der Waals surface area contributed by atoms with Gasteiger partial charge in [0.1, 0.15) is 11.6 Å². The standard InChI is InChI=1S/C22H33F2N3O2/c1-3-25-22(26-14-16(2)20-7-6-17(23)13-21(20)24)27-10-8-18(9-11-27)29-15-19-5-4-12-28-19/h6-7,13,16,18-19H,3-5,8-12,14-15H2,1-2H3,(H,25,26). The molecule has 2 fully saturated rings. The fraction of sp³-hybridized carbons (Fsp3) is 0.682. The number of ether oxygens (including phenoxy) is 2. The van der Waals surface area contributed by atoms with Gasteiger partial charge in [-0.2, -0.15) is 0 Å². The first-order valence-corrected chi connectivity index (χ1v) is 10.8. The van der Waals surface area contributed by atoms with Gasteiger partial charge in [-0.3, -0.25) is 4.99 Å². The Hall–Kier alpha value is -1.73. The monoisotopic (exact) mass is 409 g/mol. The van der Waals surface area contributed by atoms with Crippen LogP contribution in [0.15, 0.2) is 23.2 Å². The van der Waals surface area contributed by atoms with Crippen LogP contribution in [0.4, 0.5) is 8.78 Å². The number of benzene rings is 1. The highest BCUT2D eigenvalue weighted by Gasteiger charge is 2.24. The number of rotatable bonds is 7. The van der Waals surface area contributed by atoms with E-state index in [9.17, 15) is 8.78 Å². The molecule has 29 heavy (non-hydrogen) atoms. The van der Waals surface area contributed by atoms with E-state index < -0.39 is 11.6 Å². The van der Waals surface area contributed by atoms with Crippen molar-refractivity contribution in [1.82, 2.24) is 10.2 Å². The van der Waals surface area contributed by atoms with Crippen molar-refractivity contribution in [2.24, 2.45) is 4.99 Å². The highest BCUT2D eigenvalue weighted by molar-refractivity contribution is 5.80. The molecule has 7 heteroatoms. The lowest BCUT2D eigenvalue weighted by atomic mass is 10.0. The molecule has 2 unspecified atom stereocenters. The predicted octanol–water partition coefficient (Wildman–Crippen LogP) is 3.69. The quantitative estimate of drug-likeness (QED) is 0.551. The zero-order valence-electron chi connectivity index (χ0n) is 17.5. The zero-order chi connectivity index (χ0) is 20.6. The molecule has 2 aliphatic rings. The number of nitrogens with zero attached hydrogens (tertiary/aromatic N) is 2. The number of nitrogens with one attached hydrogen (secondary N) is 1. The number of likely N-dealkylation sites (tertiary alicyclic amines) is 1. The van der Waals surface area contributed by atoms with Gasteiger partial charge in [-0.05, 0) is 44.2 Å². The molecule has 0 aliphatic carbocycles. The summed E-state index contributed by atoms with van der Waals surface area (Å²) >= 11 is 0.